The molecule has 8 heteroatoms. The fourth-order valence-electron chi connectivity index (χ4n) is 3.17. The number of ketones is 2. The van der Waals surface area contributed by atoms with E-state index in [1.807, 2.05) is 6.92 Å². The van der Waals surface area contributed by atoms with Crippen LogP contribution in [0.4, 0.5) is 4.39 Å². The minimum absolute atomic E-state index is 0.00199. The highest BCUT2D eigenvalue weighted by Gasteiger charge is 2.18. The van der Waals surface area contributed by atoms with Crippen molar-refractivity contribution in [2.45, 2.75) is 46.0 Å². The van der Waals surface area contributed by atoms with E-state index in [1.54, 1.807) is 6.07 Å². The fourth-order valence-corrected chi connectivity index (χ4v) is 3.17. The normalized spacial score (nSPS) is 10.6. The van der Waals surface area contributed by atoms with Crippen LogP contribution < -0.4 is 9.47 Å². The highest BCUT2D eigenvalue weighted by atomic mass is 19.1. The molecule has 0 radical (unpaired) electrons. The molecule has 2 aromatic rings. The molecule has 0 aromatic heterocycles. The zero-order valence-electron chi connectivity index (χ0n) is 18.2. The van der Waals surface area contributed by atoms with E-state index in [4.69, 9.17) is 14.6 Å². The van der Waals surface area contributed by atoms with Crippen LogP contribution in [-0.2, 0) is 11.2 Å². The largest absolute Gasteiger partial charge is 0.507 e. The summed E-state index contributed by atoms with van der Waals surface area (Å²) in [5, 5.41) is 19.1. The van der Waals surface area contributed by atoms with Gasteiger partial charge in [0.25, 0.3) is 0 Å². The minimum atomic E-state index is -1.11. The van der Waals surface area contributed by atoms with Gasteiger partial charge in [-0.05, 0) is 37.6 Å². The summed E-state index contributed by atoms with van der Waals surface area (Å²) in [6.07, 6.45) is 1.05. The number of Topliss-reactive ketones (excluding diaryl/α,β-unsaturated/α-hetero) is 2. The molecule has 0 fully saturated rings. The van der Waals surface area contributed by atoms with Crippen molar-refractivity contribution < 1.29 is 38.5 Å². The van der Waals surface area contributed by atoms with Gasteiger partial charge in [0, 0.05) is 18.4 Å². The highest BCUT2D eigenvalue weighted by Crippen LogP contribution is 2.33. The average Bonchev–Trinajstić information content (AvgIpc) is 2.74. The van der Waals surface area contributed by atoms with E-state index in [1.165, 1.54) is 25.1 Å². The third-order valence-corrected chi connectivity index (χ3v) is 4.75. The molecule has 0 aliphatic carbocycles. The molecule has 0 saturated carbocycles. The van der Waals surface area contributed by atoms with Crippen LogP contribution in [0.1, 0.15) is 65.8 Å². The molecule has 32 heavy (non-hydrogen) atoms. The summed E-state index contributed by atoms with van der Waals surface area (Å²) in [5.41, 5.74) is 0.799. The van der Waals surface area contributed by atoms with E-state index in [9.17, 15) is 23.9 Å². The van der Waals surface area contributed by atoms with Gasteiger partial charge < -0.3 is 19.7 Å². The molecule has 0 amide bonds. The molecule has 0 spiro atoms. The number of phenols is 1. The lowest BCUT2D eigenvalue weighted by Gasteiger charge is -2.15. The van der Waals surface area contributed by atoms with Crippen LogP contribution in [0.2, 0.25) is 0 Å². The van der Waals surface area contributed by atoms with Gasteiger partial charge in [0.15, 0.2) is 23.1 Å². The Morgan fingerprint density at radius 3 is 2.38 bits per heavy atom. The number of halogens is 1. The van der Waals surface area contributed by atoms with Gasteiger partial charge in [0.1, 0.15) is 11.5 Å². The number of carbonyl (C=O) groups excluding carboxylic acids is 2. The van der Waals surface area contributed by atoms with Crippen molar-refractivity contribution in [3.05, 3.63) is 52.8 Å². The quantitative estimate of drug-likeness (QED) is 0.342. The number of phenolic OH excluding ortho intramolecular Hbond substituents is 1. The van der Waals surface area contributed by atoms with E-state index < -0.39 is 17.6 Å². The Kier molecular flexibility index (Phi) is 9.19. The van der Waals surface area contributed by atoms with Gasteiger partial charge in [-0.15, -0.1) is 0 Å². The molecule has 0 saturated heterocycles. The molecule has 2 rings (SSSR count). The van der Waals surface area contributed by atoms with Gasteiger partial charge in [0.2, 0.25) is 0 Å². The summed E-state index contributed by atoms with van der Waals surface area (Å²) in [5.74, 6) is -2.39. The van der Waals surface area contributed by atoms with E-state index in [0.29, 0.717) is 24.2 Å². The number of carboxylic acids is 1. The maximum Gasteiger partial charge on any atom is 0.303 e. The van der Waals surface area contributed by atoms with Gasteiger partial charge >= 0.3 is 5.97 Å². The molecule has 0 unspecified atom stereocenters. The van der Waals surface area contributed by atoms with E-state index in [0.717, 1.165) is 12.5 Å². The minimum Gasteiger partial charge on any atom is -0.507 e. The smallest absolute Gasteiger partial charge is 0.303 e. The van der Waals surface area contributed by atoms with Gasteiger partial charge in [-0.3, -0.25) is 14.4 Å². The number of carboxylic acid groups (broad SMARTS) is 1. The van der Waals surface area contributed by atoms with Crippen molar-refractivity contribution in [3.8, 4) is 17.2 Å². The lowest BCUT2D eigenvalue weighted by atomic mass is 10.0. The third-order valence-electron chi connectivity index (χ3n) is 4.75. The zero-order chi connectivity index (χ0) is 23.7. The molecule has 7 nitrogen and oxygen atoms in total. The molecule has 0 aliphatic heterocycles. The second-order valence-electron chi connectivity index (χ2n) is 7.23. The lowest BCUT2D eigenvalue weighted by Crippen LogP contribution is -2.11. The molecular formula is C24H27FO7. The molecule has 2 aromatic carbocycles. The zero-order valence-corrected chi connectivity index (χ0v) is 18.2. The predicted octanol–water partition coefficient (Wildman–Crippen LogP) is 4.58. The van der Waals surface area contributed by atoms with Crippen molar-refractivity contribution in [1.82, 2.24) is 0 Å². The van der Waals surface area contributed by atoms with Crippen LogP contribution in [0.5, 0.6) is 17.2 Å². The van der Waals surface area contributed by atoms with E-state index in [-0.39, 0.29) is 54.5 Å². The van der Waals surface area contributed by atoms with Crippen molar-refractivity contribution in [3.63, 3.8) is 0 Å². The van der Waals surface area contributed by atoms with Crippen LogP contribution in [0.15, 0.2) is 30.3 Å². The Balaban J connectivity index is 1.99. The summed E-state index contributed by atoms with van der Waals surface area (Å²) in [6.45, 7) is 3.58. The Morgan fingerprint density at radius 2 is 1.72 bits per heavy atom. The molecule has 172 valence electrons. The number of para-hydroxylation sites is 1. The first kappa shape index (κ1) is 24.8. The van der Waals surface area contributed by atoms with Gasteiger partial charge in [0.05, 0.1) is 30.8 Å². The third kappa shape index (κ3) is 6.54. The van der Waals surface area contributed by atoms with Gasteiger partial charge in [-0.1, -0.05) is 19.4 Å². The molecule has 2 N–H and O–H groups in total. The lowest BCUT2D eigenvalue weighted by molar-refractivity contribution is -0.136. The van der Waals surface area contributed by atoms with Crippen LogP contribution in [-0.4, -0.2) is 41.0 Å². The standard InChI is InChI=1S/C24H27FO7/c1-3-6-18-21(11-9-16(15(2)26)23(18)30)31-13-5-14-32-24-17(7-4-8-19(24)25)20(27)10-12-22(28)29/h4,7-9,11,30H,3,5-6,10,12-14H2,1-2H3,(H,28,29). The predicted molar refractivity (Wildman–Crippen MR) is 115 cm³/mol. The fraction of sp³-hybridized carbons (Fsp3) is 0.375. The van der Waals surface area contributed by atoms with Crippen molar-refractivity contribution in [1.29, 1.82) is 0 Å². The Bertz CT molecular complexity index is 985. The van der Waals surface area contributed by atoms with Crippen LogP contribution in [0, 0.1) is 5.82 Å². The number of benzene rings is 2. The molecule has 0 bridgehead atoms. The number of hydrogen-bond donors (Lipinski definition) is 2. The highest BCUT2D eigenvalue weighted by molar-refractivity contribution is 6.00. The topological polar surface area (TPSA) is 110 Å². The Labute approximate surface area is 185 Å². The van der Waals surface area contributed by atoms with Crippen LogP contribution >= 0.6 is 0 Å². The number of aromatic hydroxyl groups is 1. The summed E-state index contributed by atoms with van der Waals surface area (Å²) in [6, 6.07) is 7.08. The van der Waals surface area contributed by atoms with E-state index in [2.05, 4.69) is 0 Å². The summed E-state index contributed by atoms with van der Waals surface area (Å²) in [7, 11) is 0. The summed E-state index contributed by atoms with van der Waals surface area (Å²) in [4.78, 5) is 34.5. The van der Waals surface area contributed by atoms with Gasteiger partial charge in [-0.25, -0.2) is 4.39 Å². The van der Waals surface area contributed by atoms with Gasteiger partial charge in [-0.2, -0.15) is 0 Å². The number of rotatable bonds is 13. The first-order valence-corrected chi connectivity index (χ1v) is 10.4. The SMILES string of the molecule is CCCc1c(OCCCOc2c(F)cccc2C(=O)CCC(=O)O)ccc(C(C)=O)c1O. The first-order valence-electron chi connectivity index (χ1n) is 10.4. The maximum absolute atomic E-state index is 14.2. The second-order valence-corrected chi connectivity index (χ2v) is 7.23. The Hall–Kier alpha value is -3.42. The van der Waals surface area contributed by atoms with Crippen molar-refractivity contribution in [2.75, 3.05) is 13.2 Å². The molecular weight excluding hydrogens is 419 g/mol. The second kappa shape index (κ2) is 11.8. The average molecular weight is 446 g/mol. The molecule has 0 aliphatic rings. The Morgan fingerprint density at radius 1 is 1.00 bits per heavy atom. The van der Waals surface area contributed by atoms with Crippen molar-refractivity contribution >= 4 is 17.5 Å². The van der Waals surface area contributed by atoms with Crippen LogP contribution in [0.25, 0.3) is 0 Å². The first-order chi connectivity index (χ1) is 15.3. The van der Waals surface area contributed by atoms with Crippen LogP contribution in [0.3, 0.4) is 0 Å². The summed E-state index contributed by atoms with van der Waals surface area (Å²) < 4.78 is 25.4. The number of ether oxygens (including phenoxy) is 2. The number of hydrogen-bond acceptors (Lipinski definition) is 6. The molecule has 0 heterocycles. The number of carbonyl (C=O) groups is 3. The summed E-state index contributed by atoms with van der Waals surface area (Å²) >= 11 is 0. The van der Waals surface area contributed by atoms with E-state index >= 15 is 0 Å². The maximum atomic E-state index is 14.2. The molecule has 0 atom stereocenters. The monoisotopic (exact) mass is 446 g/mol. The van der Waals surface area contributed by atoms with Crippen molar-refractivity contribution in [2.24, 2.45) is 0 Å². The number of aliphatic carboxylic acids is 1.